The predicted octanol–water partition coefficient (Wildman–Crippen LogP) is 2.32. The molecular formula is C20H29N5O2S. The lowest BCUT2D eigenvalue weighted by molar-refractivity contribution is -0.132. The van der Waals surface area contributed by atoms with Crippen LogP contribution < -0.4 is 5.32 Å². The van der Waals surface area contributed by atoms with Gasteiger partial charge in [0.2, 0.25) is 11.8 Å². The second-order valence-electron chi connectivity index (χ2n) is 7.58. The van der Waals surface area contributed by atoms with Gasteiger partial charge in [0.05, 0.1) is 22.8 Å². The lowest BCUT2D eigenvalue weighted by Crippen LogP contribution is -2.41. The number of aromatic nitrogens is 3. The third-order valence-corrected chi connectivity index (χ3v) is 6.32. The number of H-pyrrole nitrogens is 1. The van der Waals surface area contributed by atoms with Gasteiger partial charge >= 0.3 is 0 Å². The minimum Gasteiger partial charge on any atom is -0.355 e. The maximum Gasteiger partial charge on any atom is 0.226 e. The SMILES string of the molecule is Cc1nc(CC(=O)NCC2CCN(C(=O)CCc3n[nH]c(C)c3C)CC2)cs1. The Morgan fingerprint density at radius 2 is 2.04 bits per heavy atom. The number of rotatable bonds is 7. The number of thiazole rings is 1. The van der Waals surface area contributed by atoms with Gasteiger partial charge in [-0.15, -0.1) is 11.3 Å². The molecule has 3 heterocycles. The van der Waals surface area contributed by atoms with Gasteiger partial charge in [0, 0.05) is 43.5 Å². The van der Waals surface area contributed by atoms with Gasteiger partial charge in [0.1, 0.15) is 0 Å². The number of likely N-dealkylation sites (tertiary alicyclic amines) is 1. The van der Waals surface area contributed by atoms with Crippen molar-refractivity contribution in [3.8, 4) is 0 Å². The van der Waals surface area contributed by atoms with Crippen LogP contribution in [0, 0.1) is 26.7 Å². The normalized spacial score (nSPS) is 15.0. The summed E-state index contributed by atoms with van der Waals surface area (Å²) in [5.41, 5.74) is 4.03. The van der Waals surface area contributed by atoms with E-state index >= 15 is 0 Å². The second-order valence-corrected chi connectivity index (χ2v) is 8.65. The number of nitrogens with one attached hydrogen (secondary N) is 2. The molecule has 1 aliphatic rings. The Hall–Kier alpha value is -2.22. The molecule has 0 bridgehead atoms. The fraction of sp³-hybridized carbons (Fsp3) is 0.600. The van der Waals surface area contributed by atoms with E-state index in [9.17, 15) is 9.59 Å². The summed E-state index contributed by atoms with van der Waals surface area (Å²) >= 11 is 1.57. The molecule has 28 heavy (non-hydrogen) atoms. The van der Waals surface area contributed by atoms with Crippen molar-refractivity contribution in [2.24, 2.45) is 5.92 Å². The Bertz CT molecular complexity index is 820. The van der Waals surface area contributed by atoms with Gasteiger partial charge in [-0.05, 0) is 45.1 Å². The first-order valence-corrected chi connectivity index (χ1v) is 10.8. The fourth-order valence-corrected chi connectivity index (χ4v) is 4.14. The van der Waals surface area contributed by atoms with Crippen LogP contribution in [0.4, 0.5) is 0 Å². The van der Waals surface area contributed by atoms with Crippen LogP contribution in [0.25, 0.3) is 0 Å². The van der Waals surface area contributed by atoms with Crippen LogP contribution in [0.5, 0.6) is 0 Å². The summed E-state index contributed by atoms with van der Waals surface area (Å²) in [5, 5.41) is 13.2. The molecule has 7 nitrogen and oxygen atoms in total. The first-order chi connectivity index (χ1) is 13.4. The van der Waals surface area contributed by atoms with E-state index < -0.39 is 0 Å². The molecule has 0 unspecified atom stereocenters. The zero-order chi connectivity index (χ0) is 20.1. The standard InChI is InChI=1S/C20H29N5O2S/c1-13-14(2)23-24-18(13)4-5-20(27)25-8-6-16(7-9-25)11-21-19(26)10-17-12-28-15(3)22-17/h12,16H,4-11H2,1-3H3,(H,21,26)(H,23,24). The molecule has 0 spiro atoms. The Labute approximate surface area is 169 Å². The van der Waals surface area contributed by atoms with Gasteiger partial charge < -0.3 is 10.2 Å². The number of aromatic amines is 1. The summed E-state index contributed by atoms with van der Waals surface area (Å²) < 4.78 is 0. The number of carbonyl (C=O) groups is 2. The van der Waals surface area contributed by atoms with Gasteiger partial charge in [0.25, 0.3) is 0 Å². The average Bonchev–Trinajstić information content (AvgIpc) is 3.24. The summed E-state index contributed by atoms with van der Waals surface area (Å²) in [6, 6.07) is 0. The zero-order valence-electron chi connectivity index (χ0n) is 16.9. The summed E-state index contributed by atoms with van der Waals surface area (Å²) in [4.78, 5) is 30.8. The summed E-state index contributed by atoms with van der Waals surface area (Å²) in [6.07, 6.45) is 3.39. The molecule has 2 N–H and O–H groups in total. The summed E-state index contributed by atoms with van der Waals surface area (Å²) in [5.74, 6) is 0.649. The van der Waals surface area contributed by atoms with Gasteiger partial charge in [-0.2, -0.15) is 5.10 Å². The van der Waals surface area contributed by atoms with Crippen molar-refractivity contribution in [1.29, 1.82) is 0 Å². The average molecular weight is 404 g/mol. The van der Waals surface area contributed by atoms with Crippen LogP contribution in [-0.4, -0.2) is 51.5 Å². The fourth-order valence-electron chi connectivity index (χ4n) is 3.52. The van der Waals surface area contributed by atoms with E-state index in [0.29, 0.717) is 31.7 Å². The van der Waals surface area contributed by atoms with Crippen LogP contribution in [0.15, 0.2) is 5.38 Å². The van der Waals surface area contributed by atoms with E-state index in [1.807, 2.05) is 31.1 Å². The first kappa shape index (κ1) is 20.5. The van der Waals surface area contributed by atoms with E-state index in [2.05, 4.69) is 20.5 Å². The maximum atomic E-state index is 12.5. The van der Waals surface area contributed by atoms with Crippen molar-refractivity contribution in [1.82, 2.24) is 25.4 Å². The van der Waals surface area contributed by atoms with E-state index in [4.69, 9.17) is 0 Å². The summed E-state index contributed by atoms with van der Waals surface area (Å²) in [7, 11) is 0. The molecule has 0 radical (unpaired) electrons. The van der Waals surface area contributed by atoms with Crippen LogP contribution in [0.2, 0.25) is 0 Å². The quantitative estimate of drug-likeness (QED) is 0.742. The maximum absolute atomic E-state index is 12.5. The predicted molar refractivity (Wildman–Crippen MR) is 109 cm³/mol. The highest BCUT2D eigenvalue weighted by Gasteiger charge is 2.23. The van der Waals surface area contributed by atoms with Crippen molar-refractivity contribution >= 4 is 23.2 Å². The van der Waals surface area contributed by atoms with Crippen LogP contribution in [-0.2, 0) is 22.4 Å². The smallest absolute Gasteiger partial charge is 0.226 e. The number of hydrogen-bond donors (Lipinski definition) is 2. The molecule has 0 saturated carbocycles. The largest absolute Gasteiger partial charge is 0.355 e. The molecule has 1 saturated heterocycles. The number of aryl methyl sites for hydroxylation is 3. The number of hydrogen-bond acceptors (Lipinski definition) is 5. The van der Waals surface area contributed by atoms with Gasteiger partial charge in [-0.25, -0.2) is 4.98 Å². The highest BCUT2D eigenvalue weighted by atomic mass is 32.1. The van der Waals surface area contributed by atoms with Crippen LogP contribution >= 0.6 is 11.3 Å². The van der Waals surface area contributed by atoms with Crippen molar-refractivity contribution in [2.45, 2.75) is 52.9 Å². The monoisotopic (exact) mass is 403 g/mol. The van der Waals surface area contributed by atoms with E-state index in [1.165, 1.54) is 0 Å². The van der Waals surface area contributed by atoms with Gasteiger partial charge in [-0.1, -0.05) is 0 Å². The molecule has 2 aromatic rings. The molecule has 0 aliphatic carbocycles. The molecule has 0 atom stereocenters. The zero-order valence-corrected chi connectivity index (χ0v) is 17.7. The van der Waals surface area contributed by atoms with Crippen LogP contribution in [0.1, 0.15) is 46.9 Å². The Morgan fingerprint density at radius 1 is 1.29 bits per heavy atom. The Balaban J connectivity index is 1.35. The minimum absolute atomic E-state index is 0.0217. The molecule has 2 aromatic heterocycles. The minimum atomic E-state index is 0.0217. The molecule has 8 heteroatoms. The molecule has 3 rings (SSSR count). The number of carbonyl (C=O) groups excluding carboxylic acids is 2. The van der Waals surface area contributed by atoms with E-state index in [-0.39, 0.29) is 11.8 Å². The number of piperidine rings is 1. The number of nitrogens with zero attached hydrogens (tertiary/aromatic N) is 3. The highest BCUT2D eigenvalue weighted by molar-refractivity contribution is 7.09. The number of amides is 2. The second kappa shape index (κ2) is 9.32. The summed E-state index contributed by atoms with van der Waals surface area (Å²) in [6.45, 7) is 8.18. The molecular weight excluding hydrogens is 374 g/mol. The van der Waals surface area contributed by atoms with Gasteiger partial charge in [0.15, 0.2) is 0 Å². The van der Waals surface area contributed by atoms with Gasteiger partial charge in [-0.3, -0.25) is 14.7 Å². The molecule has 0 aromatic carbocycles. The van der Waals surface area contributed by atoms with Crippen molar-refractivity contribution in [2.75, 3.05) is 19.6 Å². The third-order valence-electron chi connectivity index (χ3n) is 5.49. The van der Waals surface area contributed by atoms with Crippen molar-refractivity contribution < 1.29 is 9.59 Å². The van der Waals surface area contributed by atoms with Crippen LogP contribution in [0.3, 0.4) is 0 Å². The molecule has 2 amide bonds. The van der Waals surface area contributed by atoms with Crippen molar-refractivity contribution in [3.05, 3.63) is 33.0 Å². The Kier molecular flexibility index (Phi) is 6.83. The third kappa shape index (κ3) is 5.41. The first-order valence-electron chi connectivity index (χ1n) is 9.88. The lowest BCUT2D eigenvalue weighted by Gasteiger charge is -2.32. The van der Waals surface area contributed by atoms with Crippen molar-refractivity contribution in [3.63, 3.8) is 0 Å². The molecule has 1 fully saturated rings. The Morgan fingerprint density at radius 3 is 2.64 bits per heavy atom. The highest BCUT2D eigenvalue weighted by Crippen LogP contribution is 2.18. The topological polar surface area (TPSA) is 91.0 Å². The van der Waals surface area contributed by atoms with E-state index in [1.54, 1.807) is 11.3 Å². The molecule has 152 valence electrons. The lowest BCUT2D eigenvalue weighted by atomic mass is 9.96. The van der Waals surface area contributed by atoms with E-state index in [0.717, 1.165) is 53.6 Å². The molecule has 1 aliphatic heterocycles.